The zero-order valence-corrected chi connectivity index (χ0v) is 20.7. The van der Waals surface area contributed by atoms with Crippen LogP contribution in [0.25, 0.3) is 11.4 Å². The Balaban J connectivity index is 1.59. The van der Waals surface area contributed by atoms with Crippen LogP contribution in [0.5, 0.6) is 11.5 Å². The molecule has 0 saturated heterocycles. The van der Waals surface area contributed by atoms with Gasteiger partial charge in [0.1, 0.15) is 5.69 Å². The van der Waals surface area contributed by atoms with Gasteiger partial charge >= 0.3 is 0 Å². The molecule has 9 heteroatoms. The van der Waals surface area contributed by atoms with Gasteiger partial charge < -0.3 is 14.4 Å². The summed E-state index contributed by atoms with van der Waals surface area (Å²) in [6.07, 6.45) is 4.10. The molecule has 190 valence electrons. The minimum absolute atomic E-state index is 0.0996. The van der Waals surface area contributed by atoms with Gasteiger partial charge in [0.2, 0.25) is 5.91 Å². The number of nitrogens with zero attached hydrogens (tertiary/aromatic N) is 3. The molecule has 1 aliphatic heterocycles. The van der Waals surface area contributed by atoms with Crippen LogP contribution in [0.1, 0.15) is 35.2 Å². The second-order valence-corrected chi connectivity index (χ2v) is 9.30. The summed E-state index contributed by atoms with van der Waals surface area (Å²) in [5.41, 5.74) is 2.14. The molecule has 2 heterocycles. The minimum Gasteiger partial charge on any atom is -0.493 e. The van der Waals surface area contributed by atoms with Gasteiger partial charge in [0, 0.05) is 29.8 Å². The molecule has 0 unspecified atom stereocenters. The van der Waals surface area contributed by atoms with E-state index in [1.807, 2.05) is 25.1 Å². The Labute approximate surface area is 212 Å². The van der Waals surface area contributed by atoms with Crippen molar-refractivity contribution in [2.45, 2.75) is 38.1 Å². The van der Waals surface area contributed by atoms with E-state index in [4.69, 9.17) is 14.5 Å². The lowest BCUT2D eigenvalue weighted by atomic mass is 9.90. The molecule has 1 amide bonds. The quantitative estimate of drug-likeness (QED) is 0.436. The number of anilines is 1. The summed E-state index contributed by atoms with van der Waals surface area (Å²) in [5, 5.41) is 0. The number of amides is 1. The van der Waals surface area contributed by atoms with Gasteiger partial charge in [-0.25, -0.2) is 18.7 Å². The molecule has 1 fully saturated rings. The maximum Gasteiger partial charge on any atom is 0.239 e. The molecule has 0 radical (unpaired) electrons. The number of fused-ring (bicyclic) bond motifs is 2. The molecule has 37 heavy (non-hydrogen) atoms. The summed E-state index contributed by atoms with van der Waals surface area (Å²) in [4.78, 5) is 36.0. The van der Waals surface area contributed by atoms with E-state index < -0.39 is 28.6 Å². The van der Waals surface area contributed by atoms with Crippen LogP contribution in [0.4, 0.5) is 14.5 Å². The first-order valence-electron chi connectivity index (χ1n) is 11.8. The number of rotatable bonds is 7. The number of benzene rings is 2. The number of methoxy groups -OCH3 is 2. The van der Waals surface area contributed by atoms with Crippen LogP contribution in [0.3, 0.4) is 0 Å². The predicted molar refractivity (Wildman–Crippen MR) is 133 cm³/mol. The second-order valence-electron chi connectivity index (χ2n) is 9.30. The monoisotopic (exact) mass is 505 g/mol. The van der Waals surface area contributed by atoms with Crippen molar-refractivity contribution in [2.24, 2.45) is 0 Å². The molecule has 1 aliphatic carbocycles. The second kappa shape index (κ2) is 9.06. The maximum absolute atomic E-state index is 15.3. The van der Waals surface area contributed by atoms with Gasteiger partial charge in [0.15, 0.2) is 34.7 Å². The van der Waals surface area contributed by atoms with Crippen molar-refractivity contribution in [1.29, 1.82) is 0 Å². The topological polar surface area (TPSA) is 81.6 Å². The van der Waals surface area contributed by atoms with Crippen LogP contribution in [0, 0.1) is 18.6 Å². The molecule has 2 aliphatic rings. The summed E-state index contributed by atoms with van der Waals surface area (Å²) in [6, 6.07) is 6.74. The van der Waals surface area contributed by atoms with E-state index in [9.17, 15) is 9.59 Å². The lowest BCUT2D eigenvalue weighted by Crippen LogP contribution is -2.45. The molecule has 0 N–H and O–H groups in total. The summed E-state index contributed by atoms with van der Waals surface area (Å²) in [5.74, 6) is -2.52. The highest BCUT2D eigenvalue weighted by atomic mass is 19.1. The molecule has 1 aromatic heterocycles. The van der Waals surface area contributed by atoms with Crippen LogP contribution in [0.15, 0.2) is 43.1 Å². The number of ether oxygens (including phenoxy) is 2. The van der Waals surface area contributed by atoms with Gasteiger partial charge in [0.05, 0.1) is 31.9 Å². The number of carbonyl (C=O) groups excluding carboxylic acids is 2. The number of halogens is 2. The van der Waals surface area contributed by atoms with Gasteiger partial charge in [-0.15, -0.1) is 0 Å². The summed E-state index contributed by atoms with van der Waals surface area (Å²) in [6.45, 7) is 5.33. The Bertz CT molecular complexity index is 1440. The van der Waals surface area contributed by atoms with Crippen LogP contribution in [0.2, 0.25) is 0 Å². The molecule has 2 aromatic carbocycles. The Morgan fingerprint density at radius 3 is 2.43 bits per heavy atom. The lowest BCUT2D eigenvalue weighted by molar-refractivity contribution is -0.121. The molecule has 5 rings (SSSR count). The van der Waals surface area contributed by atoms with Crippen molar-refractivity contribution in [2.75, 3.05) is 19.1 Å². The Morgan fingerprint density at radius 2 is 1.84 bits per heavy atom. The van der Waals surface area contributed by atoms with Crippen molar-refractivity contribution < 1.29 is 27.8 Å². The third-order valence-electron chi connectivity index (χ3n) is 7.02. The Morgan fingerprint density at radius 1 is 1.16 bits per heavy atom. The fourth-order valence-corrected chi connectivity index (χ4v) is 4.83. The first-order chi connectivity index (χ1) is 17.7. The molecular weight excluding hydrogens is 480 g/mol. The van der Waals surface area contributed by atoms with E-state index in [1.165, 1.54) is 20.3 Å². The average molecular weight is 506 g/mol. The number of ketones is 1. The van der Waals surface area contributed by atoms with Crippen molar-refractivity contribution in [3.63, 3.8) is 0 Å². The Hall–Kier alpha value is -4.14. The number of aryl methyl sites for hydroxylation is 1. The number of carbonyl (C=O) groups is 2. The smallest absolute Gasteiger partial charge is 0.239 e. The highest BCUT2D eigenvalue weighted by molar-refractivity contribution is 6.05. The third kappa shape index (κ3) is 3.94. The summed E-state index contributed by atoms with van der Waals surface area (Å²) >= 11 is 0. The normalized spacial score (nSPS) is 15.4. The summed E-state index contributed by atoms with van der Waals surface area (Å²) in [7, 11) is 2.52. The molecule has 3 aromatic rings. The number of hydrogen-bond acceptors (Lipinski definition) is 6. The third-order valence-corrected chi connectivity index (χ3v) is 7.02. The Kier molecular flexibility index (Phi) is 6.01. The van der Waals surface area contributed by atoms with Crippen molar-refractivity contribution in [1.82, 2.24) is 9.97 Å². The van der Waals surface area contributed by atoms with Gasteiger partial charge in [-0.05, 0) is 43.0 Å². The largest absolute Gasteiger partial charge is 0.493 e. The van der Waals surface area contributed by atoms with E-state index in [-0.39, 0.29) is 30.2 Å². The van der Waals surface area contributed by atoms with Crippen LogP contribution in [-0.2, 0) is 28.0 Å². The van der Waals surface area contributed by atoms with E-state index in [0.717, 1.165) is 27.7 Å². The zero-order valence-electron chi connectivity index (χ0n) is 20.7. The molecule has 1 saturated carbocycles. The standard InChI is InChI=1S/C28H25F2N3O4/c1-5-18(34)10-16-7-6-15(2)19(11-16)26-31-13-17-14-33(27(35)28(8-9-28)25(17)32-26)24-22(29)20(36-3)12-21(37-4)23(24)30/h5-7,11-13H,1,8-10,14H2,2-4H3. The fourth-order valence-electron chi connectivity index (χ4n) is 4.83. The van der Waals surface area contributed by atoms with E-state index >= 15 is 8.78 Å². The lowest BCUT2D eigenvalue weighted by Gasteiger charge is -2.34. The van der Waals surface area contributed by atoms with Gasteiger partial charge in [-0.2, -0.15) is 0 Å². The van der Waals surface area contributed by atoms with Crippen molar-refractivity contribution in [3.05, 3.63) is 77.1 Å². The van der Waals surface area contributed by atoms with Gasteiger partial charge in [0.25, 0.3) is 0 Å². The predicted octanol–water partition coefficient (Wildman–Crippen LogP) is 4.62. The van der Waals surface area contributed by atoms with E-state index in [0.29, 0.717) is 29.9 Å². The molecule has 0 bridgehead atoms. The first-order valence-corrected chi connectivity index (χ1v) is 11.8. The molecule has 0 atom stereocenters. The zero-order chi connectivity index (χ0) is 26.5. The van der Waals surface area contributed by atoms with Gasteiger partial charge in [-0.1, -0.05) is 18.7 Å². The molecule has 1 spiro atoms. The van der Waals surface area contributed by atoms with E-state index in [1.54, 1.807) is 6.20 Å². The van der Waals surface area contributed by atoms with Crippen molar-refractivity contribution >= 4 is 17.4 Å². The first kappa shape index (κ1) is 24.5. The average Bonchev–Trinajstić information content (AvgIpc) is 3.70. The van der Waals surface area contributed by atoms with Gasteiger partial charge in [-0.3, -0.25) is 9.59 Å². The van der Waals surface area contributed by atoms with Crippen LogP contribution < -0.4 is 14.4 Å². The van der Waals surface area contributed by atoms with E-state index in [2.05, 4.69) is 11.6 Å². The molecule has 7 nitrogen and oxygen atoms in total. The fraction of sp³-hybridized carbons (Fsp3) is 0.286. The SMILES string of the molecule is C=CC(=O)Cc1ccc(C)c(-c2ncc3c(n2)C2(CC2)C(=O)N(c2c(F)c(OC)cc(OC)c2F)C3)c1. The maximum atomic E-state index is 15.3. The highest BCUT2D eigenvalue weighted by Gasteiger charge is 2.59. The van der Waals surface area contributed by atoms with Crippen LogP contribution in [-0.4, -0.2) is 35.9 Å². The number of allylic oxidation sites excluding steroid dienone is 1. The number of aromatic nitrogens is 2. The number of hydrogen-bond donors (Lipinski definition) is 0. The minimum atomic E-state index is -0.981. The highest BCUT2D eigenvalue weighted by Crippen LogP contribution is 2.54. The van der Waals surface area contributed by atoms with Crippen LogP contribution >= 0.6 is 0 Å². The van der Waals surface area contributed by atoms with Crippen molar-refractivity contribution in [3.8, 4) is 22.9 Å². The molecular formula is C28H25F2N3O4. The summed E-state index contributed by atoms with van der Waals surface area (Å²) < 4.78 is 40.6.